The van der Waals surface area contributed by atoms with Crippen molar-refractivity contribution in [2.75, 3.05) is 18.1 Å². The van der Waals surface area contributed by atoms with Crippen molar-refractivity contribution in [3.63, 3.8) is 0 Å². The summed E-state index contributed by atoms with van der Waals surface area (Å²) in [5.74, 6) is -0.976. The molecule has 1 saturated heterocycles. The van der Waals surface area contributed by atoms with Gasteiger partial charge >= 0.3 is 0 Å². The Hall–Kier alpha value is -2.22. The van der Waals surface area contributed by atoms with Crippen molar-refractivity contribution in [3.05, 3.63) is 46.0 Å². The molecule has 1 aliphatic rings. The summed E-state index contributed by atoms with van der Waals surface area (Å²) in [6.07, 6.45) is 0.507. The van der Waals surface area contributed by atoms with Crippen LogP contribution in [0.1, 0.15) is 16.8 Å². The van der Waals surface area contributed by atoms with Crippen LogP contribution in [0.5, 0.6) is 0 Å². The van der Waals surface area contributed by atoms with Crippen LogP contribution in [0.25, 0.3) is 10.9 Å². The van der Waals surface area contributed by atoms with E-state index in [0.29, 0.717) is 17.3 Å². The molecule has 0 unspecified atom stereocenters. The minimum atomic E-state index is -3.01. The molecular formula is C15H15FN2O4S. The van der Waals surface area contributed by atoms with E-state index >= 15 is 0 Å². The van der Waals surface area contributed by atoms with Gasteiger partial charge in [-0.3, -0.25) is 9.59 Å². The molecule has 1 fully saturated rings. The third-order valence-electron chi connectivity index (χ3n) is 3.93. The van der Waals surface area contributed by atoms with Crippen molar-refractivity contribution >= 4 is 26.6 Å². The van der Waals surface area contributed by atoms with Crippen LogP contribution in [-0.4, -0.2) is 37.4 Å². The predicted octanol–water partition coefficient (Wildman–Crippen LogP) is 0.832. The largest absolute Gasteiger partial charge is 0.352 e. The highest BCUT2D eigenvalue weighted by Gasteiger charge is 2.28. The number of fused-ring (bicyclic) bond motifs is 1. The van der Waals surface area contributed by atoms with E-state index in [-0.39, 0.29) is 29.5 Å². The molecule has 0 aliphatic carbocycles. The number of halogens is 1. The van der Waals surface area contributed by atoms with E-state index < -0.39 is 27.1 Å². The summed E-state index contributed by atoms with van der Waals surface area (Å²) >= 11 is 0. The van der Waals surface area contributed by atoms with Crippen molar-refractivity contribution in [2.24, 2.45) is 5.92 Å². The number of carbonyl (C=O) groups excluding carboxylic acids is 1. The maximum absolute atomic E-state index is 13.4. The van der Waals surface area contributed by atoms with Gasteiger partial charge in [0.1, 0.15) is 5.82 Å². The molecule has 1 aliphatic heterocycles. The second kappa shape index (κ2) is 5.77. The van der Waals surface area contributed by atoms with Crippen molar-refractivity contribution < 1.29 is 17.6 Å². The average Bonchev–Trinajstić information content (AvgIpc) is 2.84. The summed E-state index contributed by atoms with van der Waals surface area (Å²) in [6.45, 7) is 0.210. The standard InChI is InChI=1S/C15H15FN2O4S/c16-10-1-2-13-11(5-10)12(6-14(19)18-13)15(20)17-7-9-3-4-23(21,22)8-9/h1-2,5-6,9H,3-4,7-8H2,(H,17,20)(H,18,19)/t9-/m0/s1. The number of pyridine rings is 1. The zero-order valence-corrected chi connectivity index (χ0v) is 13.0. The first-order valence-corrected chi connectivity index (χ1v) is 8.97. The fraction of sp³-hybridized carbons (Fsp3) is 0.333. The molecule has 1 aromatic carbocycles. The Morgan fingerprint density at radius 2 is 2.13 bits per heavy atom. The third-order valence-corrected chi connectivity index (χ3v) is 5.76. The summed E-state index contributed by atoms with van der Waals surface area (Å²) in [7, 11) is -3.01. The van der Waals surface area contributed by atoms with Crippen molar-refractivity contribution in [1.29, 1.82) is 0 Å². The van der Waals surface area contributed by atoms with E-state index in [4.69, 9.17) is 0 Å². The molecule has 0 saturated carbocycles. The lowest BCUT2D eigenvalue weighted by molar-refractivity contribution is 0.0950. The number of aromatic nitrogens is 1. The van der Waals surface area contributed by atoms with Crippen LogP contribution in [0.4, 0.5) is 4.39 Å². The predicted molar refractivity (Wildman–Crippen MR) is 83.6 cm³/mol. The van der Waals surface area contributed by atoms with Gasteiger partial charge in [-0.2, -0.15) is 0 Å². The highest BCUT2D eigenvalue weighted by Crippen LogP contribution is 2.19. The molecule has 23 heavy (non-hydrogen) atoms. The van der Waals surface area contributed by atoms with Crippen LogP contribution in [0, 0.1) is 11.7 Å². The minimum Gasteiger partial charge on any atom is -0.352 e. The number of aromatic amines is 1. The number of sulfone groups is 1. The molecular weight excluding hydrogens is 323 g/mol. The monoisotopic (exact) mass is 338 g/mol. The number of amides is 1. The molecule has 2 heterocycles. The second-order valence-corrected chi connectivity index (χ2v) is 7.94. The molecule has 2 aromatic rings. The van der Waals surface area contributed by atoms with Crippen LogP contribution in [0.2, 0.25) is 0 Å². The van der Waals surface area contributed by atoms with Crippen LogP contribution in [0.3, 0.4) is 0 Å². The maximum Gasteiger partial charge on any atom is 0.252 e. The summed E-state index contributed by atoms with van der Waals surface area (Å²) < 4.78 is 36.2. The average molecular weight is 338 g/mol. The smallest absolute Gasteiger partial charge is 0.252 e. The van der Waals surface area contributed by atoms with Crippen molar-refractivity contribution in [2.45, 2.75) is 6.42 Å². The highest BCUT2D eigenvalue weighted by molar-refractivity contribution is 7.91. The minimum absolute atomic E-state index is 0.0536. The lowest BCUT2D eigenvalue weighted by Crippen LogP contribution is -2.30. The van der Waals surface area contributed by atoms with Gasteiger partial charge in [0.25, 0.3) is 5.91 Å². The van der Waals surface area contributed by atoms with Crippen molar-refractivity contribution in [1.82, 2.24) is 10.3 Å². The molecule has 122 valence electrons. The van der Waals surface area contributed by atoms with E-state index in [2.05, 4.69) is 10.3 Å². The van der Waals surface area contributed by atoms with Gasteiger partial charge in [-0.05, 0) is 30.5 Å². The molecule has 0 radical (unpaired) electrons. The van der Waals surface area contributed by atoms with Gasteiger partial charge in [0.2, 0.25) is 5.56 Å². The lowest BCUT2D eigenvalue weighted by atomic mass is 10.1. The second-order valence-electron chi connectivity index (χ2n) is 5.72. The van der Waals surface area contributed by atoms with Gasteiger partial charge in [-0.25, -0.2) is 12.8 Å². The zero-order valence-electron chi connectivity index (χ0n) is 12.1. The molecule has 1 amide bonds. The van der Waals surface area contributed by atoms with E-state index in [1.807, 2.05) is 0 Å². The first-order chi connectivity index (χ1) is 10.8. The van der Waals surface area contributed by atoms with Gasteiger partial charge in [-0.1, -0.05) is 0 Å². The zero-order chi connectivity index (χ0) is 16.6. The van der Waals surface area contributed by atoms with Crippen LogP contribution < -0.4 is 10.9 Å². The van der Waals surface area contributed by atoms with E-state index in [9.17, 15) is 22.4 Å². The molecule has 1 aromatic heterocycles. The number of hydrogen-bond donors (Lipinski definition) is 2. The summed E-state index contributed by atoms with van der Waals surface area (Å²) in [6, 6.07) is 4.89. The topological polar surface area (TPSA) is 96.1 Å². The molecule has 1 atom stereocenters. The van der Waals surface area contributed by atoms with Gasteiger partial charge < -0.3 is 10.3 Å². The Labute approximate surface area is 131 Å². The first-order valence-electron chi connectivity index (χ1n) is 7.15. The third kappa shape index (κ3) is 3.42. The summed E-state index contributed by atoms with van der Waals surface area (Å²) in [4.78, 5) is 26.5. The normalized spacial score (nSPS) is 19.8. The van der Waals surface area contributed by atoms with Crippen LogP contribution in [-0.2, 0) is 9.84 Å². The van der Waals surface area contributed by atoms with E-state index in [0.717, 1.165) is 6.07 Å². The first kappa shape index (κ1) is 15.7. The van der Waals surface area contributed by atoms with E-state index in [1.54, 1.807) is 0 Å². The van der Waals surface area contributed by atoms with Crippen LogP contribution >= 0.6 is 0 Å². The highest BCUT2D eigenvalue weighted by atomic mass is 32.2. The molecule has 6 nitrogen and oxygen atoms in total. The summed E-state index contributed by atoms with van der Waals surface area (Å²) in [5.41, 5.74) is -0.0192. The maximum atomic E-state index is 13.4. The van der Waals surface area contributed by atoms with Crippen LogP contribution in [0.15, 0.2) is 29.1 Å². The molecule has 0 spiro atoms. The van der Waals surface area contributed by atoms with E-state index in [1.165, 1.54) is 18.2 Å². The summed E-state index contributed by atoms with van der Waals surface area (Å²) in [5, 5.41) is 2.95. The Bertz CT molecular complexity index is 936. The molecule has 3 rings (SSSR count). The number of hydrogen-bond acceptors (Lipinski definition) is 4. The SMILES string of the molecule is O=C(NC[C@@H]1CCS(=O)(=O)C1)c1cc(=O)[nH]c2ccc(F)cc12. The lowest BCUT2D eigenvalue weighted by Gasteiger charge is -2.11. The fourth-order valence-electron chi connectivity index (χ4n) is 2.78. The fourth-order valence-corrected chi connectivity index (χ4v) is 4.64. The quantitative estimate of drug-likeness (QED) is 0.866. The molecule has 2 N–H and O–H groups in total. The van der Waals surface area contributed by atoms with Crippen molar-refractivity contribution in [3.8, 4) is 0 Å². The number of H-pyrrole nitrogens is 1. The molecule has 8 heteroatoms. The Kier molecular flexibility index (Phi) is 3.93. The number of benzene rings is 1. The van der Waals surface area contributed by atoms with Gasteiger partial charge in [0.15, 0.2) is 9.84 Å². The van der Waals surface area contributed by atoms with Gasteiger partial charge in [-0.15, -0.1) is 0 Å². The molecule has 0 bridgehead atoms. The van der Waals surface area contributed by atoms with Gasteiger partial charge in [0.05, 0.1) is 17.1 Å². The Morgan fingerprint density at radius 1 is 1.35 bits per heavy atom. The Morgan fingerprint density at radius 3 is 2.83 bits per heavy atom. The number of rotatable bonds is 3. The Balaban J connectivity index is 1.83. The van der Waals surface area contributed by atoms with Gasteiger partial charge in [0, 0.05) is 23.5 Å². The number of carbonyl (C=O) groups is 1. The number of nitrogens with one attached hydrogen (secondary N) is 2.